The van der Waals surface area contributed by atoms with E-state index in [0.717, 1.165) is 0 Å². The second-order valence-electron chi connectivity index (χ2n) is 6.07. The normalized spacial score (nSPS) is 21.4. The van der Waals surface area contributed by atoms with E-state index in [-0.39, 0.29) is 22.8 Å². The molecule has 1 atom stereocenters. The Hall–Kier alpha value is -2.29. The van der Waals surface area contributed by atoms with E-state index in [0.29, 0.717) is 12.2 Å². The fourth-order valence-corrected chi connectivity index (χ4v) is 4.83. The summed E-state index contributed by atoms with van der Waals surface area (Å²) in [5.41, 5.74) is -0.708. The molecule has 1 aliphatic heterocycles. The van der Waals surface area contributed by atoms with Crippen LogP contribution in [0.25, 0.3) is 0 Å². The molecule has 0 radical (unpaired) electrons. The second-order valence-corrected chi connectivity index (χ2v) is 8.25. The van der Waals surface area contributed by atoms with Gasteiger partial charge in [-0.1, -0.05) is 6.07 Å². The molecular weight excluding hydrogens is 350 g/mol. The van der Waals surface area contributed by atoms with Crippen molar-refractivity contribution >= 4 is 21.7 Å². The molecule has 138 valence electrons. The first-order chi connectivity index (χ1) is 11.7. The monoisotopic (exact) mass is 371 g/mol. The van der Waals surface area contributed by atoms with Gasteiger partial charge in [0, 0.05) is 0 Å². The first-order valence-corrected chi connectivity index (χ1v) is 9.41. The number of benzene rings is 1. The molecule has 1 saturated heterocycles. The van der Waals surface area contributed by atoms with E-state index in [1.54, 1.807) is 19.1 Å². The van der Waals surface area contributed by atoms with E-state index < -0.39 is 33.9 Å². The molecule has 1 aromatic rings. The molecule has 0 spiro atoms. The van der Waals surface area contributed by atoms with E-state index in [2.05, 4.69) is 5.32 Å². The molecule has 25 heavy (non-hydrogen) atoms. The zero-order chi connectivity index (χ0) is 18.7. The van der Waals surface area contributed by atoms with Crippen molar-refractivity contribution in [2.24, 2.45) is 0 Å². The van der Waals surface area contributed by atoms with Crippen molar-refractivity contribution < 1.29 is 32.2 Å². The summed E-state index contributed by atoms with van der Waals surface area (Å²) in [4.78, 5) is 24.2. The standard InChI is InChI=1S/C16H21NO7S/c1-16(7-8-25(20,21)10-16)17-13(18)9-24-15(19)11-5-4-6-12(22-2)14(11)23-3/h4-6H,7-10H2,1-3H3,(H,17,18)/t16-/m0/s1. The highest BCUT2D eigenvalue weighted by Crippen LogP contribution is 2.31. The Kier molecular flexibility index (Phi) is 5.56. The summed E-state index contributed by atoms with van der Waals surface area (Å²) in [5, 5.41) is 2.62. The molecule has 0 aromatic heterocycles. The summed E-state index contributed by atoms with van der Waals surface area (Å²) in [5.74, 6) is -0.812. The van der Waals surface area contributed by atoms with E-state index >= 15 is 0 Å². The van der Waals surface area contributed by atoms with Crippen LogP contribution in [0.3, 0.4) is 0 Å². The molecule has 9 heteroatoms. The maximum atomic E-state index is 12.2. The van der Waals surface area contributed by atoms with Gasteiger partial charge in [-0.25, -0.2) is 13.2 Å². The molecule has 2 rings (SSSR count). The Morgan fingerprint density at radius 1 is 1.24 bits per heavy atom. The molecule has 0 bridgehead atoms. The van der Waals surface area contributed by atoms with Gasteiger partial charge in [-0.15, -0.1) is 0 Å². The van der Waals surface area contributed by atoms with Gasteiger partial charge in [0.15, 0.2) is 27.9 Å². The number of para-hydroxylation sites is 1. The van der Waals surface area contributed by atoms with Gasteiger partial charge in [-0.3, -0.25) is 4.79 Å². The van der Waals surface area contributed by atoms with Gasteiger partial charge in [-0.2, -0.15) is 0 Å². The SMILES string of the molecule is COc1cccc(C(=O)OCC(=O)N[C@@]2(C)CCS(=O)(=O)C2)c1OC. The third-order valence-corrected chi connectivity index (χ3v) is 5.80. The molecule has 1 amide bonds. The van der Waals surface area contributed by atoms with Gasteiger partial charge in [0.25, 0.3) is 5.91 Å². The highest BCUT2D eigenvalue weighted by molar-refractivity contribution is 7.91. The Morgan fingerprint density at radius 2 is 1.96 bits per heavy atom. The number of methoxy groups -OCH3 is 2. The number of hydrogen-bond donors (Lipinski definition) is 1. The highest BCUT2D eigenvalue weighted by atomic mass is 32.2. The molecule has 1 fully saturated rings. The minimum Gasteiger partial charge on any atom is -0.493 e. The average molecular weight is 371 g/mol. The van der Waals surface area contributed by atoms with Crippen molar-refractivity contribution in [2.75, 3.05) is 32.3 Å². The van der Waals surface area contributed by atoms with Crippen molar-refractivity contribution in [1.29, 1.82) is 0 Å². The zero-order valence-corrected chi connectivity index (χ0v) is 15.1. The van der Waals surface area contributed by atoms with Crippen molar-refractivity contribution in [2.45, 2.75) is 18.9 Å². The van der Waals surface area contributed by atoms with Crippen molar-refractivity contribution in [3.63, 3.8) is 0 Å². The van der Waals surface area contributed by atoms with Crippen LogP contribution in [0.5, 0.6) is 11.5 Å². The van der Waals surface area contributed by atoms with E-state index in [9.17, 15) is 18.0 Å². The van der Waals surface area contributed by atoms with Gasteiger partial charge < -0.3 is 19.5 Å². The first kappa shape index (κ1) is 19.0. The molecular formula is C16H21NO7S. The third-order valence-electron chi connectivity index (χ3n) is 3.90. The average Bonchev–Trinajstić information content (AvgIpc) is 2.84. The van der Waals surface area contributed by atoms with Crippen molar-refractivity contribution in [3.05, 3.63) is 23.8 Å². The minimum absolute atomic E-state index is 0.0323. The molecule has 0 saturated carbocycles. The number of ether oxygens (including phenoxy) is 3. The van der Waals surface area contributed by atoms with Crippen LogP contribution < -0.4 is 14.8 Å². The number of carbonyl (C=O) groups excluding carboxylic acids is 2. The van der Waals surface area contributed by atoms with Gasteiger partial charge in [0.05, 0.1) is 31.3 Å². The molecule has 0 aliphatic carbocycles. The van der Waals surface area contributed by atoms with Crippen molar-refractivity contribution in [3.8, 4) is 11.5 Å². The predicted molar refractivity (Wildman–Crippen MR) is 89.6 cm³/mol. The third kappa shape index (κ3) is 4.62. The second kappa shape index (κ2) is 7.30. The lowest BCUT2D eigenvalue weighted by Gasteiger charge is -2.23. The first-order valence-electron chi connectivity index (χ1n) is 7.59. The van der Waals surface area contributed by atoms with E-state index in [1.165, 1.54) is 20.3 Å². The topological polar surface area (TPSA) is 108 Å². The van der Waals surface area contributed by atoms with Gasteiger partial charge in [-0.05, 0) is 25.5 Å². The summed E-state index contributed by atoms with van der Waals surface area (Å²) in [6.07, 6.45) is 0.332. The number of sulfone groups is 1. The number of nitrogens with one attached hydrogen (secondary N) is 1. The van der Waals surface area contributed by atoms with Gasteiger partial charge in [0.2, 0.25) is 0 Å². The quantitative estimate of drug-likeness (QED) is 0.728. The lowest BCUT2D eigenvalue weighted by molar-refractivity contribution is -0.125. The number of amides is 1. The minimum atomic E-state index is -3.14. The van der Waals surface area contributed by atoms with Crippen LogP contribution >= 0.6 is 0 Å². The Bertz CT molecular complexity index is 775. The number of rotatable bonds is 6. The summed E-state index contributed by atoms with van der Waals surface area (Å²) >= 11 is 0. The molecule has 8 nitrogen and oxygen atoms in total. The van der Waals surface area contributed by atoms with Crippen LogP contribution in [0.15, 0.2) is 18.2 Å². The highest BCUT2D eigenvalue weighted by Gasteiger charge is 2.39. The molecule has 1 heterocycles. The predicted octanol–water partition coefficient (Wildman–Crippen LogP) is 0.554. The Labute approximate surface area is 146 Å². The Balaban J connectivity index is 1.97. The molecule has 0 unspecified atom stereocenters. The fourth-order valence-electron chi connectivity index (χ4n) is 2.74. The lowest BCUT2D eigenvalue weighted by Crippen LogP contribution is -2.48. The number of esters is 1. The van der Waals surface area contributed by atoms with E-state index in [4.69, 9.17) is 14.2 Å². The molecule has 1 N–H and O–H groups in total. The summed E-state index contributed by atoms with van der Waals surface area (Å²) in [6, 6.07) is 4.72. The Morgan fingerprint density at radius 3 is 2.52 bits per heavy atom. The fraction of sp³-hybridized carbons (Fsp3) is 0.500. The number of hydrogen-bond acceptors (Lipinski definition) is 7. The van der Waals surface area contributed by atoms with Crippen LogP contribution in [0.2, 0.25) is 0 Å². The van der Waals surface area contributed by atoms with Crippen LogP contribution in [0.4, 0.5) is 0 Å². The molecule has 1 aromatic carbocycles. The summed E-state index contributed by atoms with van der Waals surface area (Å²) in [7, 11) is -0.311. The zero-order valence-electron chi connectivity index (χ0n) is 14.3. The largest absolute Gasteiger partial charge is 0.493 e. The van der Waals surface area contributed by atoms with Gasteiger partial charge in [0.1, 0.15) is 5.56 Å². The van der Waals surface area contributed by atoms with Gasteiger partial charge >= 0.3 is 5.97 Å². The summed E-state index contributed by atoms with van der Waals surface area (Å²) < 4.78 is 38.4. The maximum Gasteiger partial charge on any atom is 0.342 e. The van der Waals surface area contributed by atoms with Crippen LogP contribution in [0, 0.1) is 0 Å². The number of carbonyl (C=O) groups is 2. The molecule has 1 aliphatic rings. The lowest BCUT2D eigenvalue weighted by atomic mass is 10.0. The van der Waals surface area contributed by atoms with Crippen LogP contribution in [-0.2, 0) is 19.4 Å². The maximum absolute atomic E-state index is 12.2. The van der Waals surface area contributed by atoms with E-state index in [1.807, 2.05) is 0 Å². The van der Waals surface area contributed by atoms with Crippen molar-refractivity contribution in [1.82, 2.24) is 5.32 Å². The smallest absolute Gasteiger partial charge is 0.342 e. The van der Waals surface area contributed by atoms with Crippen LogP contribution in [-0.4, -0.2) is 58.2 Å². The summed E-state index contributed by atoms with van der Waals surface area (Å²) in [6.45, 7) is 1.14. The van der Waals surface area contributed by atoms with Crippen LogP contribution in [0.1, 0.15) is 23.7 Å².